The van der Waals surface area contributed by atoms with Crippen LogP contribution in [0.5, 0.6) is 5.75 Å². The quantitative estimate of drug-likeness (QED) is 0.302. The first-order valence-corrected chi connectivity index (χ1v) is 13.7. The molecule has 39 heavy (non-hydrogen) atoms. The Hall–Kier alpha value is -3.73. The van der Waals surface area contributed by atoms with Crippen molar-refractivity contribution in [3.8, 4) is 28.4 Å². The van der Waals surface area contributed by atoms with Crippen molar-refractivity contribution < 1.29 is 15.0 Å². The van der Waals surface area contributed by atoms with E-state index in [1.165, 1.54) is 0 Å². The van der Waals surface area contributed by atoms with Crippen molar-refractivity contribution in [1.82, 2.24) is 34.9 Å². The van der Waals surface area contributed by atoms with Crippen molar-refractivity contribution in [2.45, 2.75) is 32.4 Å². The summed E-state index contributed by atoms with van der Waals surface area (Å²) >= 11 is 0. The lowest BCUT2D eigenvalue weighted by Crippen LogP contribution is -2.56. The SMILES string of the molecule is CCc1cc(O)ccc1-c1ccc2c(-c3nc4c([nH]3)CN(C)[C@H](C(=O)N3CCN(CCO)CC3)C4)n[nH]c2c1. The molecule has 204 valence electrons. The molecule has 2 aliphatic rings. The molecule has 2 aliphatic heterocycles. The van der Waals surface area contributed by atoms with Crippen molar-refractivity contribution in [2.75, 3.05) is 46.4 Å². The van der Waals surface area contributed by atoms with Gasteiger partial charge in [-0.1, -0.05) is 19.1 Å². The van der Waals surface area contributed by atoms with Gasteiger partial charge >= 0.3 is 0 Å². The topological polar surface area (TPSA) is 125 Å². The first kappa shape index (κ1) is 25.5. The number of β-amino-alcohol motifs (C(OH)–C–C–N with tert-alkyl or cyclic N) is 1. The monoisotopic (exact) mass is 529 g/mol. The van der Waals surface area contributed by atoms with Gasteiger partial charge in [-0.05, 0) is 54.4 Å². The number of aliphatic hydroxyl groups is 1. The first-order valence-electron chi connectivity index (χ1n) is 13.7. The van der Waals surface area contributed by atoms with Crippen molar-refractivity contribution >= 4 is 16.8 Å². The molecule has 0 radical (unpaired) electrons. The van der Waals surface area contributed by atoms with Gasteiger partial charge in [-0.3, -0.25) is 19.7 Å². The van der Waals surface area contributed by atoms with Gasteiger partial charge in [0.15, 0.2) is 5.82 Å². The van der Waals surface area contributed by atoms with Crippen molar-refractivity contribution in [3.63, 3.8) is 0 Å². The zero-order valence-corrected chi connectivity index (χ0v) is 22.4. The molecular formula is C29H35N7O3. The predicted molar refractivity (Wildman–Crippen MR) is 149 cm³/mol. The third kappa shape index (κ3) is 4.80. The number of carbonyl (C=O) groups excluding carboxylic acids is 1. The van der Waals surface area contributed by atoms with Crippen LogP contribution < -0.4 is 0 Å². The number of hydrogen-bond donors (Lipinski definition) is 4. The number of amides is 1. The zero-order chi connectivity index (χ0) is 27.1. The Balaban J connectivity index is 1.22. The molecule has 10 heteroatoms. The Bertz CT molecular complexity index is 1500. The molecule has 4 aromatic rings. The van der Waals surface area contributed by atoms with Gasteiger partial charge in [0.1, 0.15) is 11.4 Å². The number of piperazine rings is 1. The van der Waals surface area contributed by atoms with Crippen LogP contribution in [0.3, 0.4) is 0 Å². The molecule has 1 amide bonds. The lowest BCUT2D eigenvalue weighted by Gasteiger charge is -2.39. The predicted octanol–water partition coefficient (Wildman–Crippen LogP) is 2.38. The highest BCUT2D eigenvalue weighted by Gasteiger charge is 2.35. The zero-order valence-electron chi connectivity index (χ0n) is 22.4. The summed E-state index contributed by atoms with van der Waals surface area (Å²) in [6.07, 6.45) is 1.39. The van der Waals surface area contributed by atoms with E-state index in [1.54, 1.807) is 6.07 Å². The Morgan fingerprint density at radius 2 is 1.95 bits per heavy atom. The number of likely N-dealkylation sites (N-methyl/N-ethyl adjacent to an activating group) is 1. The number of rotatable bonds is 6. The molecular weight excluding hydrogens is 494 g/mol. The van der Waals surface area contributed by atoms with Crippen LogP contribution in [0.4, 0.5) is 0 Å². The lowest BCUT2D eigenvalue weighted by molar-refractivity contribution is -0.139. The van der Waals surface area contributed by atoms with E-state index in [0.717, 1.165) is 64.2 Å². The van der Waals surface area contributed by atoms with Gasteiger partial charge in [0, 0.05) is 51.1 Å². The molecule has 1 atom stereocenters. The van der Waals surface area contributed by atoms with Gasteiger partial charge in [0.2, 0.25) is 5.91 Å². The number of aliphatic hydroxyl groups excluding tert-OH is 1. The summed E-state index contributed by atoms with van der Waals surface area (Å²) < 4.78 is 0. The summed E-state index contributed by atoms with van der Waals surface area (Å²) in [5.74, 6) is 1.13. The van der Waals surface area contributed by atoms with Crippen LogP contribution in [-0.4, -0.2) is 103 Å². The fourth-order valence-corrected chi connectivity index (χ4v) is 5.90. The molecule has 4 heterocycles. The number of aryl methyl sites for hydroxylation is 1. The second-order valence-corrected chi connectivity index (χ2v) is 10.6. The Labute approximate surface area is 227 Å². The number of hydrogen-bond acceptors (Lipinski definition) is 7. The Kier molecular flexibility index (Phi) is 6.84. The molecule has 0 unspecified atom stereocenters. The molecule has 0 bridgehead atoms. The van der Waals surface area contributed by atoms with Crippen LogP contribution >= 0.6 is 0 Å². The van der Waals surface area contributed by atoms with Crippen LogP contribution in [0.2, 0.25) is 0 Å². The summed E-state index contributed by atoms with van der Waals surface area (Å²) in [5.41, 5.74) is 6.87. The van der Waals surface area contributed by atoms with Crippen LogP contribution in [-0.2, 0) is 24.2 Å². The molecule has 2 aromatic heterocycles. The summed E-state index contributed by atoms with van der Waals surface area (Å²) in [4.78, 5) is 28.0. The van der Waals surface area contributed by atoms with E-state index in [2.05, 4.69) is 50.1 Å². The Morgan fingerprint density at radius 1 is 1.13 bits per heavy atom. The highest BCUT2D eigenvalue weighted by atomic mass is 16.3. The smallest absolute Gasteiger partial charge is 0.240 e. The van der Waals surface area contributed by atoms with Gasteiger partial charge in [-0.2, -0.15) is 5.10 Å². The standard InChI is InChI=1S/C29H35N7O3/c1-3-18-14-20(38)5-7-21(18)19-4-6-22-23(15-19)32-33-27(22)28-30-24-16-26(34(2)17-25(24)31-28)29(39)36-10-8-35(9-11-36)12-13-37/h4-7,14-15,26,37-38H,3,8-13,16-17H2,1-2H3,(H,30,31)(H,32,33)/t26-/m0/s1. The number of aromatic hydroxyl groups is 1. The minimum atomic E-state index is -0.241. The van der Waals surface area contributed by atoms with Crippen LogP contribution in [0.25, 0.3) is 33.5 Å². The summed E-state index contributed by atoms with van der Waals surface area (Å²) in [6.45, 7) is 6.47. The second kappa shape index (κ2) is 10.4. The van der Waals surface area contributed by atoms with E-state index in [-0.39, 0.29) is 24.3 Å². The maximum Gasteiger partial charge on any atom is 0.240 e. The number of phenolic OH excluding ortho intramolecular Hbond substituents is 1. The number of phenols is 1. The summed E-state index contributed by atoms with van der Waals surface area (Å²) in [7, 11) is 1.99. The summed E-state index contributed by atoms with van der Waals surface area (Å²) in [5, 5.41) is 27.8. The van der Waals surface area contributed by atoms with E-state index in [9.17, 15) is 15.0 Å². The van der Waals surface area contributed by atoms with Gasteiger partial charge < -0.3 is 20.1 Å². The molecule has 1 fully saturated rings. The number of aromatic nitrogens is 4. The summed E-state index contributed by atoms with van der Waals surface area (Å²) in [6, 6.07) is 11.5. The second-order valence-electron chi connectivity index (χ2n) is 10.6. The first-order chi connectivity index (χ1) is 18.9. The number of benzene rings is 2. The van der Waals surface area contributed by atoms with Gasteiger partial charge in [0.05, 0.1) is 29.6 Å². The Morgan fingerprint density at radius 3 is 2.72 bits per heavy atom. The van der Waals surface area contributed by atoms with Crippen LogP contribution in [0, 0.1) is 0 Å². The van der Waals surface area contributed by atoms with Gasteiger partial charge in [-0.25, -0.2) is 4.98 Å². The highest BCUT2D eigenvalue weighted by Crippen LogP contribution is 2.33. The molecule has 2 aromatic carbocycles. The number of fused-ring (bicyclic) bond motifs is 2. The van der Waals surface area contributed by atoms with E-state index in [0.29, 0.717) is 38.4 Å². The fraction of sp³-hybridized carbons (Fsp3) is 0.414. The normalized spacial score (nSPS) is 18.5. The lowest BCUT2D eigenvalue weighted by atomic mass is 9.97. The number of nitrogens with zero attached hydrogens (tertiary/aromatic N) is 5. The maximum absolute atomic E-state index is 13.4. The van der Waals surface area contributed by atoms with Crippen molar-refractivity contribution in [1.29, 1.82) is 0 Å². The molecule has 4 N–H and O–H groups in total. The van der Waals surface area contributed by atoms with Crippen LogP contribution in [0.1, 0.15) is 23.9 Å². The third-order valence-electron chi connectivity index (χ3n) is 8.14. The fourth-order valence-electron chi connectivity index (χ4n) is 5.90. The van der Waals surface area contributed by atoms with E-state index >= 15 is 0 Å². The highest BCUT2D eigenvalue weighted by molar-refractivity contribution is 5.94. The molecule has 10 nitrogen and oxygen atoms in total. The van der Waals surface area contributed by atoms with Gasteiger partial charge in [0.25, 0.3) is 0 Å². The third-order valence-corrected chi connectivity index (χ3v) is 8.14. The molecule has 0 aliphatic carbocycles. The van der Waals surface area contributed by atoms with Crippen LogP contribution in [0.15, 0.2) is 36.4 Å². The van der Waals surface area contributed by atoms with E-state index in [1.807, 2.05) is 24.1 Å². The number of aromatic amines is 2. The maximum atomic E-state index is 13.4. The largest absolute Gasteiger partial charge is 0.508 e. The number of nitrogens with one attached hydrogen (secondary N) is 2. The van der Waals surface area contributed by atoms with E-state index < -0.39 is 0 Å². The molecule has 0 saturated carbocycles. The average molecular weight is 530 g/mol. The average Bonchev–Trinajstić information content (AvgIpc) is 3.56. The minimum absolute atomic E-state index is 0.147. The van der Waals surface area contributed by atoms with Crippen molar-refractivity contribution in [2.24, 2.45) is 0 Å². The molecule has 6 rings (SSSR count). The number of imidazole rings is 1. The molecule has 1 saturated heterocycles. The van der Waals surface area contributed by atoms with Gasteiger partial charge in [-0.15, -0.1) is 0 Å². The minimum Gasteiger partial charge on any atom is -0.508 e. The number of H-pyrrole nitrogens is 2. The number of carbonyl (C=O) groups is 1. The van der Waals surface area contributed by atoms with E-state index in [4.69, 9.17) is 4.98 Å². The molecule has 0 spiro atoms. The van der Waals surface area contributed by atoms with Crippen molar-refractivity contribution in [3.05, 3.63) is 53.3 Å².